The highest BCUT2D eigenvalue weighted by Gasteiger charge is 2.18. The second kappa shape index (κ2) is 4.80. The van der Waals surface area contributed by atoms with Gasteiger partial charge in [0, 0.05) is 6.20 Å². The Morgan fingerprint density at radius 2 is 1.84 bits per heavy atom. The van der Waals surface area contributed by atoms with Gasteiger partial charge in [-0.25, -0.2) is 4.98 Å². The van der Waals surface area contributed by atoms with Gasteiger partial charge < -0.3 is 4.74 Å². The maximum Gasteiger partial charge on any atom is 0.147 e. The fraction of sp³-hybridized carbons (Fsp3) is 0.500. The van der Waals surface area contributed by atoms with E-state index in [2.05, 4.69) is 56.7 Å². The van der Waals surface area contributed by atoms with E-state index in [9.17, 15) is 0 Å². The first-order valence-corrected chi connectivity index (χ1v) is 6.68. The topological polar surface area (TPSA) is 35.0 Å². The molecule has 0 unspecified atom stereocenters. The summed E-state index contributed by atoms with van der Waals surface area (Å²) in [5, 5.41) is 0. The quantitative estimate of drug-likeness (QED) is 0.814. The molecule has 0 amide bonds. The van der Waals surface area contributed by atoms with Crippen LogP contribution in [0.1, 0.15) is 51.8 Å². The molecule has 0 saturated heterocycles. The molecule has 0 bridgehead atoms. The molecule has 2 rings (SSSR count). The Morgan fingerprint density at radius 3 is 2.37 bits per heavy atom. The van der Waals surface area contributed by atoms with Crippen molar-refractivity contribution in [2.24, 2.45) is 0 Å². The highest BCUT2D eigenvalue weighted by Crippen LogP contribution is 2.31. The lowest BCUT2D eigenvalue weighted by Gasteiger charge is -2.20. The van der Waals surface area contributed by atoms with Crippen molar-refractivity contribution in [3.8, 4) is 5.75 Å². The number of fused-ring (bicyclic) bond motifs is 1. The second-order valence-electron chi connectivity index (χ2n) is 6.25. The molecule has 0 atom stereocenters. The summed E-state index contributed by atoms with van der Waals surface area (Å²) in [6.07, 6.45) is 1.86. The summed E-state index contributed by atoms with van der Waals surface area (Å²) in [7, 11) is 1.69. The third-order valence-electron chi connectivity index (χ3n) is 3.31. The second-order valence-corrected chi connectivity index (χ2v) is 6.25. The highest BCUT2D eigenvalue weighted by molar-refractivity contribution is 5.82. The summed E-state index contributed by atoms with van der Waals surface area (Å²) in [6.45, 7) is 10.8. The van der Waals surface area contributed by atoms with Crippen molar-refractivity contribution < 1.29 is 4.74 Å². The van der Waals surface area contributed by atoms with Crippen molar-refractivity contribution in [3.63, 3.8) is 0 Å². The largest absolute Gasteiger partial charge is 0.494 e. The van der Waals surface area contributed by atoms with Crippen molar-refractivity contribution in [3.05, 3.63) is 29.6 Å². The van der Waals surface area contributed by atoms with E-state index in [4.69, 9.17) is 4.74 Å². The van der Waals surface area contributed by atoms with Crippen LogP contribution >= 0.6 is 0 Å². The van der Waals surface area contributed by atoms with Crippen LogP contribution in [-0.2, 0) is 5.41 Å². The van der Waals surface area contributed by atoms with E-state index in [-0.39, 0.29) is 5.41 Å². The predicted molar refractivity (Wildman–Crippen MR) is 78.9 cm³/mol. The van der Waals surface area contributed by atoms with Crippen LogP contribution in [-0.4, -0.2) is 17.1 Å². The zero-order valence-corrected chi connectivity index (χ0v) is 12.6. The maximum atomic E-state index is 5.50. The van der Waals surface area contributed by atoms with E-state index in [1.807, 2.05) is 6.20 Å². The normalized spacial score (nSPS) is 12.2. The summed E-state index contributed by atoms with van der Waals surface area (Å²) in [5.74, 6) is 1.17. The van der Waals surface area contributed by atoms with Gasteiger partial charge in [-0.05, 0) is 29.0 Å². The fourth-order valence-corrected chi connectivity index (χ4v) is 1.96. The summed E-state index contributed by atoms with van der Waals surface area (Å²) < 4.78 is 5.50. The highest BCUT2D eigenvalue weighted by atomic mass is 16.5. The molecule has 0 saturated carbocycles. The minimum atomic E-state index is 0.0693. The molecule has 0 radical (unpaired) electrons. The zero-order valence-electron chi connectivity index (χ0n) is 12.6. The van der Waals surface area contributed by atoms with Crippen LogP contribution in [0.3, 0.4) is 0 Å². The molecule has 0 aliphatic carbocycles. The van der Waals surface area contributed by atoms with E-state index in [0.717, 1.165) is 22.5 Å². The molecular formula is C16H22N2O. The van der Waals surface area contributed by atoms with Gasteiger partial charge in [0.25, 0.3) is 0 Å². The summed E-state index contributed by atoms with van der Waals surface area (Å²) in [6, 6.07) is 4.18. The van der Waals surface area contributed by atoms with E-state index in [1.54, 1.807) is 7.11 Å². The average Bonchev–Trinajstić information content (AvgIpc) is 2.35. The van der Waals surface area contributed by atoms with Gasteiger partial charge in [0.05, 0.1) is 18.3 Å². The minimum absolute atomic E-state index is 0.0693. The van der Waals surface area contributed by atoms with Gasteiger partial charge in [-0.15, -0.1) is 0 Å². The molecule has 19 heavy (non-hydrogen) atoms. The molecule has 1 aromatic carbocycles. The molecular weight excluding hydrogens is 236 g/mol. The molecule has 3 heteroatoms. The SMILES string of the molecule is COc1cc(C(C)(C)C)cc2ncc(C(C)C)nc12. The van der Waals surface area contributed by atoms with Crippen LogP contribution in [0.4, 0.5) is 0 Å². The number of hydrogen-bond acceptors (Lipinski definition) is 3. The van der Waals surface area contributed by atoms with Crippen LogP contribution in [0.5, 0.6) is 5.75 Å². The summed E-state index contributed by atoms with van der Waals surface area (Å²) >= 11 is 0. The lowest BCUT2D eigenvalue weighted by atomic mass is 9.86. The average molecular weight is 258 g/mol. The van der Waals surface area contributed by atoms with Gasteiger partial charge in [-0.1, -0.05) is 34.6 Å². The Labute approximate surface area is 115 Å². The Balaban J connectivity index is 2.70. The Bertz CT molecular complexity index is 597. The number of rotatable bonds is 2. The summed E-state index contributed by atoms with van der Waals surface area (Å²) in [4.78, 5) is 9.22. The van der Waals surface area contributed by atoms with Gasteiger partial charge >= 0.3 is 0 Å². The smallest absolute Gasteiger partial charge is 0.147 e. The van der Waals surface area contributed by atoms with Crippen LogP contribution in [0, 0.1) is 0 Å². The van der Waals surface area contributed by atoms with E-state index < -0.39 is 0 Å². The molecule has 3 nitrogen and oxygen atoms in total. The van der Waals surface area contributed by atoms with Crippen molar-refractivity contribution in [2.75, 3.05) is 7.11 Å². The molecule has 0 fully saturated rings. The van der Waals surface area contributed by atoms with E-state index in [0.29, 0.717) is 5.92 Å². The van der Waals surface area contributed by atoms with Crippen molar-refractivity contribution >= 4 is 11.0 Å². The fourth-order valence-electron chi connectivity index (χ4n) is 1.96. The first-order valence-electron chi connectivity index (χ1n) is 6.68. The molecule has 0 aliphatic heterocycles. The Kier molecular flexibility index (Phi) is 3.48. The third-order valence-corrected chi connectivity index (χ3v) is 3.31. The Morgan fingerprint density at radius 1 is 1.16 bits per heavy atom. The van der Waals surface area contributed by atoms with E-state index >= 15 is 0 Å². The molecule has 1 heterocycles. The van der Waals surface area contributed by atoms with Crippen molar-refractivity contribution in [1.82, 2.24) is 9.97 Å². The molecule has 0 spiro atoms. The first-order chi connectivity index (χ1) is 8.82. The molecule has 2 aromatic rings. The minimum Gasteiger partial charge on any atom is -0.494 e. The van der Waals surface area contributed by atoms with Gasteiger partial charge in [-0.2, -0.15) is 0 Å². The van der Waals surface area contributed by atoms with Gasteiger partial charge in [0.1, 0.15) is 11.3 Å². The number of methoxy groups -OCH3 is 1. The maximum absolute atomic E-state index is 5.50. The molecule has 0 aliphatic rings. The Hall–Kier alpha value is -1.64. The van der Waals surface area contributed by atoms with Crippen LogP contribution in [0.2, 0.25) is 0 Å². The van der Waals surface area contributed by atoms with E-state index in [1.165, 1.54) is 5.56 Å². The molecule has 102 valence electrons. The van der Waals surface area contributed by atoms with Crippen molar-refractivity contribution in [2.45, 2.75) is 46.0 Å². The number of nitrogens with zero attached hydrogens (tertiary/aromatic N) is 2. The number of hydrogen-bond donors (Lipinski definition) is 0. The third kappa shape index (κ3) is 2.70. The summed E-state index contributed by atoms with van der Waals surface area (Å²) in [5.41, 5.74) is 4.02. The number of aromatic nitrogens is 2. The van der Waals surface area contributed by atoms with Crippen LogP contribution in [0.15, 0.2) is 18.3 Å². The first kappa shape index (κ1) is 13.8. The standard InChI is InChI=1S/C16H22N2O/c1-10(2)13-9-17-12-7-11(16(3,4)5)8-14(19-6)15(12)18-13/h7-10H,1-6H3. The van der Waals surface area contributed by atoms with Gasteiger partial charge in [0.2, 0.25) is 0 Å². The van der Waals surface area contributed by atoms with Gasteiger partial charge in [0.15, 0.2) is 0 Å². The molecule has 0 N–H and O–H groups in total. The monoisotopic (exact) mass is 258 g/mol. The predicted octanol–water partition coefficient (Wildman–Crippen LogP) is 4.06. The van der Waals surface area contributed by atoms with Crippen LogP contribution < -0.4 is 4.74 Å². The van der Waals surface area contributed by atoms with Gasteiger partial charge in [-0.3, -0.25) is 4.98 Å². The van der Waals surface area contributed by atoms with Crippen molar-refractivity contribution in [1.29, 1.82) is 0 Å². The zero-order chi connectivity index (χ0) is 14.2. The number of benzene rings is 1. The van der Waals surface area contributed by atoms with Crippen LogP contribution in [0.25, 0.3) is 11.0 Å². The lowest BCUT2D eigenvalue weighted by Crippen LogP contribution is -2.11. The lowest BCUT2D eigenvalue weighted by molar-refractivity contribution is 0.416. The number of ether oxygens (including phenoxy) is 1. The molecule has 1 aromatic heterocycles.